The monoisotopic (exact) mass is 342 g/mol. The van der Waals surface area contributed by atoms with Crippen molar-refractivity contribution < 1.29 is 19.2 Å². The number of non-ortho nitro benzene ring substituents is 1. The van der Waals surface area contributed by atoms with E-state index in [1.54, 1.807) is 7.05 Å². The van der Waals surface area contributed by atoms with Crippen molar-refractivity contribution in [2.75, 3.05) is 7.05 Å². The molecule has 0 radical (unpaired) electrons. The van der Waals surface area contributed by atoms with Gasteiger partial charge in [-0.05, 0) is 24.6 Å². The average Bonchev–Trinajstić information content (AvgIpc) is 2.61. The summed E-state index contributed by atoms with van der Waals surface area (Å²) in [6, 6.07) is 14.5. The van der Waals surface area contributed by atoms with Crippen LogP contribution in [-0.2, 0) is 16.1 Å². The summed E-state index contributed by atoms with van der Waals surface area (Å²) in [6.45, 7) is 1.90. The van der Waals surface area contributed by atoms with Crippen molar-refractivity contribution in [1.29, 1.82) is 0 Å². The Morgan fingerprint density at radius 3 is 2.28 bits per heavy atom. The predicted molar refractivity (Wildman–Crippen MR) is 90.9 cm³/mol. The van der Waals surface area contributed by atoms with Gasteiger partial charge in [0.1, 0.15) is 0 Å². The first kappa shape index (κ1) is 18.1. The maximum Gasteiger partial charge on any atom is 0.338 e. The fourth-order valence-corrected chi connectivity index (χ4v) is 2.24. The summed E-state index contributed by atoms with van der Waals surface area (Å²) in [5, 5.41) is 10.6. The van der Waals surface area contributed by atoms with Crippen molar-refractivity contribution in [3.63, 3.8) is 0 Å². The zero-order chi connectivity index (χ0) is 18.4. The Labute approximate surface area is 145 Å². The Balaban J connectivity index is 1.95. The molecule has 0 aromatic heterocycles. The van der Waals surface area contributed by atoms with Crippen LogP contribution in [0.1, 0.15) is 22.8 Å². The normalized spacial score (nSPS) is 11.4. The summed E-state index contributed by atoms with van der Waals surface area (Å²) < 4.78 is 5.16. The van der Waals surface area contributed by atoms with Gasteiger partial charge in [0.25, 0.3) is 11.6 Å². The standard InChI is InChI=1S/C18H18N2O5/c1-13(17(21)19(2)12-14-6-4-3-5-7-14)25-18(22)15-8-10-16(11-9-15)20(23)24/h3-11,13H,12H2,1-2H3/t13-/m1/s1. The van der Waals surface area contributed by atoms with Gasteiger partial charge >= 0.3 is 5.97 Å². The first-order chi connectivity index (χ1) is 11.9. The van der Waals surface area contributed by atoms with Crippen LogP contribution in [-0.4, -0.2) is 34.9 Å². The smallest absolute Gasteiger partial charge is 0.338 e. The molecule has 0 N–H and O–H groups in total. The van der Waals surface area contributed by atoms with Gasteiger partial charge in [-0.1, -0.05) is 30.3 Å². The zero-order valence-electron chi connectivity index (χ0n) is 13.9. The quantitative estimate of drug-likeness (QED) is 0.457. The number of nitro groups is 1. The van der Waals surface area contributed by atoms with E-state index < -0.39 is 17.0 Å². The number of rotatable bonds is 6. The van der Waals surface area contributed by atoms with Crippen LogP contribution >= 0.6 is 0 Å². The van der Waals surface area contributed by atoms with E-state index in [2.05, 4.69) is 0 Å². The minimum Gasteiger partial charge on any atom is -0.449 e. The van der Waals surface area contributed by atoms with Gasteiger partial charge in [0.15, 0.2) is 6.10 Å². The zero-order valence-corrected chi connectivity index (χ0v) is 13.9. The van der Waals surface area contributed by atoms with E-state index in [9.17, 15) is 19.7 Å². The van der Waals surface area contributed by atoms with E-state index in [-0.39, 0.29) is 17.2 Å². The highest BCUT2D eigenvalue weighted by Gasteiger charge is 2.22. The van der Waals surface area contributed by atoms with Crippen LogP contribution in [0.25, 0.3) is 0 Å². The van der Waals surface area contributed by atoms with Crippen LogP contribution in [0.5, 0.6) is 0 Å². The van der Waals surface area contributed by atoms with Crippen molar-refractivity contribution in [2.45, 2.75) is 19.6 Å². The molecule has 2 rings (SSSR count). The highest BCUT2D eigenvalue weighted by atomic mass is 16.6. The summed E-state index contributed by atoms with van der Waals surface area (Å²) >= 11 is 0. The molecule has 130 valence electrons. The topological polar surface area (TPSA) is 89.7 Å². The molecule has 0 saturated carbocycles. The molecule has 2 aromatic carbocycles. The van der Waals surface area contributed by atoms with E-state index in [0.717, 1.165) is 5.56 Å². The Hall–Kier alpha value is -3.22. The Morgan fingerprint density at radius 2 is 1.72 bits per heavy atom. The number of esters is 1. The van der Waals surface area contributed by atoms with Crippen LogP contribution in [0.3, 0.4) is 0 Å². The Kier molecular flexibility index (Phi) is 5.84. The molecule has 0 aliphatic carbocycles. The molecule has 7 nitrogen and oxygen atoms in total. The van der Waals surface area contributed by atoms with Crippen molar-refractivity contribution in [3.8, 4) is 0 Å². The second kappa shape index (κ2) is 8.05. The van der Waals surface area contributed by atoms with E-state index in [0.29, 0.717) is 6.54 Å². The summed E-state index contributed by atoms with van der Waals surface area (Å²) in [6.07, 6.45) is -0.962. The maximum absolute atomic E-state index is 12.3. The summed E-state index contributed by atoms with van der Waals surface area (Å²) in [4.78, 5) is 35.9. The molecule has 0 unspecified atom stereocenters. The molecule has 25 heavy (non-hydrogen) atoms. The number of ether oxygens (including phenoxy) is 1. The number of carbonyl (C=O) groups excluding carboxylic acids is 2. The molecule has 0 bridgehead atoms. The van der Waals surface area contributed by atoms with Gasteiger partial charge in [-0.2, -0.15) is 0 Å². The molecule has 0 aliphatic heterocycles. The largest absolute Gasteiger partial charge is 0.449 e. The maximum atomic E-state index is 12.3. The van der Waals surface area contributed by atoms with Crippen LogP contribution in [0.2, 0.25) is 0 Å². The molecule has 7 heteroatoms. The average molecular weight is 342 g/mol. The number of carbonyl (C=O) groups is 2. The van der Waals surface area contributed by atoms with Gasteiger partial charge in [-0.15, -0.1) is 0 Å². The van der Waals surface area contributed by atoms with Gasteiger partial charge in [-0.25, -0.2) is 4.79 Å². The highest BCUT2D eigenvalue weighted by molar-refractivity contribution is 5.92. The second-order valence-corrected chi connectivity index (χ2v) is 5.53. The number of likely N-dealkylation sites (N-methyl/N-ethyl adjacent to an activating group) is 1. The number of amides is 1. The van der Waals surface area contributed by atoms with Crippen molar-refractivity contribution in [1.82, 2.24) is 4.90 Å². The lowest BCUT2D eigenvalue weighted by Crippen LogP contribution is -2.37. The third-order valence-electron chi connectivity index (χ3n) is 3.58. The van der Waals surface area contributed by atoms with Crippen molar-refractivity contribution in [2.24, 2.45) is 0 Å². The van der Waals surface area contributed by atoms with Gasteiger partial charge in [0, 0.05) is 25.7 Å². The lowest BCUT2D eigenvalue weighted by Gasteiger charge is -2.21. The Bertz CT molecular complexity index is 759. The molecule has 0 aliphatic rings. The number of nitrogens with zero attached hydrogens (tertiary/aromatic N) is 2. The molecule has 2 aromatic rings. The number of hydrogen-bond acceptors (Lipinski definition) is 5. The number of benzene rings is 2. The van der Waals surface area contributed by atoms with Gasteiger partial charge in [0.05, 0.1) is 10.5 Å². The van der Waals surface area contributed by atoms with Crippen molar-refractivity contribution >= 4 is 17.6 Å². The molecular weight excluding hydrogens is 324 g/mol. The van der Waals surface area contributed by atoms with Crippen LogP contribution < -0.4 is 0 Å². The van der Waals surface area contributed by atoms with Gasteiger partial charge in [0.2, 0.25) is 0 Å². The summed E-state index contributed by atoms with van der Waals surface area (Å²) in [5.41, 5.74) is 0.992. The molecule has 0 saturated heterocycles. The molecule has 0 heterocycles. The SMILES string of the molecule is C[C@@H](OC(=O)c1ccc([N+](=O)[O-])cc1)C(=O)N(C)Cc1ccccc1. The third-order valence-corrected chi connectivity index (χ3v) is 3.58. The minimum atomic E-state index is -0.962. The van der Waals surface area contributed by atoms with Crippen LogP contribution in [0.4, 0.5) is 5.69 Å². The predicted octanol–water partition coefficient (Wildman–Crippen LogP) is 2.80. The minimum absolute atomic E-state index is 0.122. The van der Waals surface area contributed by atoms with E-state index in [4.69, 9.17) is 4.74 Å². The summed E-state index contributed by atoms with van der Waals surface area (Å²) in [5.74, 6) is -1.04. The van der Waals surface area contributed by atoms with Crippen LogP contribution in [0, 0.1) is 10.1 Å². The van der Waals surface area contributed by atoms with Crippen molar-refractivity contribution in [3.05, 3.63) is 75.8 Å². The third kappa shape index (κ3) is 4.87. The fourth-order valence-electron chi connectivity index (χ4n) is 2.24. The molecule has 0 fully saturated rings. The van der Waals surface area contributed by atoms with Crippen LogP contribution in [0.15, 0.2) is 54.6 Å². The van der Waals surface area contributed by atoms with E-state index in [1.165, 1.54) is 36.1 Å². The highest BCUT2D eigenvalue weighted by Crippen LogP contribution is 2.14. The molecular formula is C18H18N2O5. The van der Waals surface area contributed by atoms with E-state index >= 15 is 0 Å². The number of nitro benzene ring substituents is 1. The van der Waals surface area contributed by atoms with Gasteiger partial charge in [-0.3, -0.25) is 14.9 Å². The lowest BCUT2D eigenvalue weighted by atomic mass is 10.2. The number of hydrogen-bond donors (Lipinski definition) is 0. The molecule has 1 amide bonds. The Morgan fingerprint density at radius 1 is 1.12 bits per heavy atom. The lowest BCUT2D eigenvalue weighted by molar-refractivity contribution is -0.384. The fraction of sp³-hybridized carbons (Fsp3) is 0.222. The second-order valence-electron chi connectivity index (χ2n) is 5.53. The molecule has 0 spiro atoms. The van der Waals surface area contributed by atoms with E-state index in [1.807, 2.05) is 30.3 Å². The molecule has 1 atom stereocenters. The first-order valence-corrected chi connectivity index (χ1v) is 7.63. The first-order valence-electron chi connectivity index (χ1n) is 7.63. The summed E-state index contributed by atoms with van der Waals surface area (Å²) in [7, 11) is 1.63. The van der Waals surface area contributed by atoms with Gasteiger partial charge < -0.3 is 9.64 Å².